The normalized spacial score (nSPS) is 19.4. The van der Waals surface area contributed by atoms with Crippen LogP contribution in [0, 0.1) is 11.3 Å². The molecule has 5 nitrogen and oxygen atoms in total. The molecule has 0 aromatic heterocycles. The molecule has 1 heterocycles. The van der Waals surface area contributed by atoms with E-state index < -0.39 is 0 Å². The van der Waals surface area contributed by atoms with E-state index in [1.165, 1.54) is 12.8 Å². The monoisotopic (exact) mass is 390 g/mol. The number of rotatable bonds is 6. The van der Waals surface area contributed by atoms with Gasteiger partial charge in [0.1, 0.15) is 0 Å². The summed E-state index contributed by atoms with van der Waals surface area (Å²) in [5.74, 6) is 1.73. The second-order valence-electron chi connectivity index (χ2n) is 7.73. The summed E-state index contributed by atoms with van der Waals surface area (Å²) in [6.07, 6.45) is 5.29. The van der Waals surface area contributed by atoms with Crippen molar-refractivity contribution >= 4 is 11.6 Å². The Kier molecular flexibility index (Phi) is 5.71. The summed E-state index contributed by atoms with van der Waals surface area (Å²) >= 11 is 0. The number of nitrogens with zero attached hydrogens (tertiary/aromatic N) is 2. The van der Waals surface area contributed by atoms with Gasteiger partial charge >= 0.3 is 0 Å². The van der Waals surface area contributed by atoms with Crippen molar-refractivity contribution in [3.63, 3.8) is 0 Å². The Morgan fingerprint density at radius 3 is 2.72 bits per heavy atom. The minimum Gasteiger partial charge on any atom is -0.490 e. The molecule has 0 bridgehead atoms. The second-order valence-corrected chi connectivity index (χ2v) is 7.73. The van der Waals surface area contributed by atoms with Gasteiger partial charge < -0.3 is 14.4 Å². The Morgan fingerprint density at radius 1 is 1.14 bits per heavy atom. The summed E-state index contributed by atoms with van der Waals surface area (Å²) in [5, 5.41) is 9.14. The maximum absolute atomic E-state index is 12.7. The minimum atomic E-state index is 0.0808. The van der Waals surface area contributed by atoms with E-state index >= 15 is 0 Å². The zero-order chi connectivity index (χ0) is 20.2. The molecule has 2 fully saturated rings. The van der Waals surface area contributed by atoms with Crippen LogP contribution in [0.3, 0.4) is 0 Å². The Morgan fingerprint density at radius 2 is 1.97 bits per heavy atom. The van der Waals surface area contributed by atoms with Crippen LogP contribution in [0.2, 0.25) is 0 Å². The van der Waals surface area contributed by atoms with Crippen molar-refractivity contribution in [2.24, 2.45) is 0 Å². The molecule has 150 valence electrons. The van der Waals surface area contributed by atoms with Crippen LogP contribution in [0.5, 0.6) is 11.5 Å². The number of hydrogen-bond donors (Lipinski definition) is 0. The number of hydrogen-bond acceptors (Lipinski definition) is 4. The van der Waals surface area contributed by atoms with Gasteiger partial charge in [0.15, 0.2) is 11.5 Å². The predicted molar refractivity (Wildman–Crippen MR) is 111 cm³/mol. The summed E-state index contributed by atoms with van der Waals surface area (Å²) < 4.78 is 12.0. The molecule has 1 aliphatic carbocycles. The van der Waals surface area contributed by atoms with Crippen LogP contribution in [0.15, 0.2) is 42.5 Å². The maximum atomic E-state index is 12.7. The largest absolute Gasteiger partial charge is 0.490 e. The zero-order valence-electron chi connectivity index (χ0n) is 16.8. The third kappa shape index (κ3) is 4.22. The van der Waals surface area contributed by atoms with Crippen molar-refractivity contribution in [2.75, 3.05) is 18.1 Å². The molecule has 2 aliphatic rings. The molecule has 0 radical (unpaired) electrons. The van der Waals surface area contributed by atoms with Gasteiger partial charge in [0.05, 0.1) is 24.3 Å². The number of benzene rings is 2. The summed E-state index contributed by atoms with van der Waals surface area (Å²) in [4.78, 5) is 14.5. The van der Waals surface area contributed by atoms with E-state index in [4.69, 9.17) is 14.7 Å². The lowest BCUT2D eigenvalue weighted by molar-refractivity contribution is -0.117. The molecule has 0 N–H and O–H groups in total. The highest BCUT2D eigenvalue weighted by atomic mass is 16.5. The van der Waals surface area contributed by atoms with E-state index in [2.05, 4.69) is 12.1 Å². The fourth-order valence-corrected chi connectivity index (χ4v) is 4.25. The topological polar surface area (TPSA) is 62.6 Å². The Hall–Kier alpha value is -3.00. The van der Waals surface area contributed by atoms with E-state index in [0.29, 0.717) is 25.1 Å². The zero-order valence-corrected chi connectivity index (χ0v) is 16.8. The number of nitriles is 1. The molecule has 4 rings (SSSR count). The average molecular weight is 390 g/mol. The number of anilines is 1. The molecule has 1 saturated carbocycles. The first-order chi connectivity index (χ1) is 14.2. The fraction of sp³-hybridized carbons (Fsp3) is 0.417. The van der Waals surface area contributed by atoms with Crippen LogP contribution in [0.4, 0.5) is 5.69 Å². The standard InChI is InChI=1S/C24H26N2O3/c1-2-28-22-11-10-18(13-23(22)29-21-8-3-4-9-21)19-14-24(27)26(16-19)20-7-5-6-17(12-20)15-25/h5-7,10-13,19,21H,2-4,8-9,14,16H2,1H3/t19-/m1/s1. The molecule has 5 heteroatoms. The average Bonchev–Trinajstić information content (AvgIpc) is 3.39. The van der Waals surface area contributed by atoms with Gasteiger partial charge in [-0.15, -0.1) is 0 Å². The lowest BCUT2D eigenvalue weighted by atomic mass is 9.98. The maximum Gasteiger partial charge on any atom is 0.227 e. The number of carbonyl (C=O) groups is 1. The van der Waals surface area contributed by atoms with Crippen LogP contribution in [-0.2, 0) is 4.79 Å². The van der Waals surface area contributed by atoms with Gasteiger partial charge in [-0.3, -0.25) is 4.79 Å². The van der Waals surface area contributed by atoms with E-state index in [-0.39, 0.29) is 17.9 Å². The Labute approximate surface area is 171 Å². The number of ether oxygens (including phenoxy) is 2. The van der Waals surface area contributed by atoms with Gasteiger partial charge in [0, 0.05) is 24.6 Å². The Bertz CT molecular complexity index is 928. The molecule has 29 heavy (non-hydrogen) atoms. The van der Waals surface area contributed by atoms with Crippen molar-refractivity contribution in [2.45, 2.75) is 51.0 Å². The van der Waals surface area contributed by atoms with Crippen LogP contribution in [0.1, 0.15) is 56.1 Å². The molecule has 1 aliphatic heterocycles. The van der Waals surface area contributed by atoms with Crippen molar-refractivity contribution in [3.05, 3.63) is 53.6 Å². The van der Waals surface area contributed by atoms with Crippen LogP contribution in [-0.4, -0.2) is 25.2 Å². The van der Waals surface area contributed by atoms with Gasteiger partial charge in [-0.2, -0.15) is 5.26 Å². The predicted octanol–water partition coefficient (Wildman–Crippen LogP) is 4.80. The van der Waals surface area contributed by atoms with Gasteiger partial charge in [-0.1, -0.05) is 12.1 Å². The van der Waals surface area contributed by atoms with E-state index in [1.54, 1.807) is 17.0 Å². The van der Waals surface area contributed by atoms with Crippen molar-refractivity contribution in [1.82, 2.24) is 0 Å². The van der Waals surface area contributed by atoms with Gasteiger partial charge in [-0.05, 0) is 68.5 Å². The van der Waals surface area contributed by atoms with Gasteiger partial charge in [0.25, 0.3) is 0 Å². The molecule has 1 amide bonds. The first-order valence-corrected chi connectivity index (χ1v) is 10.4. The van der Waals surface area contributed by atoms with Crippen molar-refractivity contribution in [1.29, 1.82) is 5.26 Å². The highest BCUT2D eigenvalue weighted by Crippen LogP contribution is 2.38. The minimum absolute atomic E-state index is 0.0808. The molecular weight excluding hydrogens is 364 g/mol. The summed E-state index contributed by atoms with van der Waals surface area (Å²) in [6, 6.07) is 15.4. The molecular formula is C24H26N2O3. The number of carbonyl (C=O) groups excluding carboxylic acids is 1. The van der Waals surface area contributed by atoms with E-state index in [9.17, 15) is 4.79 Å². The molecule has 1 saturated heterocycles. The highest BCUT2D eigenvalue weighted by molar-refractivity contribution is 5.96. The van der Waals surface area contributed by atoms with Crippen molar-refractivity contribution < 1.29 is 14.3 Å². The lowest BCUT2D eigenvalue weighted by Gasteiger charge is -2.20. The summed E-state index contributed by atoms with van der Waals surface area (Å²) in [6.45, 7) is 3.16. The van der Waals surface area contributed by atoms with Crippen molar-refractivity contribution in [3.8, 4) is 17.6 Å². The van der Waals surface area contributed by atoms with Gasteiger partial charge in [0.2, 0.25) is 5.91 Å². The molecule has 0 unspecified atom stereocenters. The number of amides is 1. The smallest absolute Gasteiger partial charge is 0.227 e. The second kappa shape index (κ2) is 8.57. The van der Waals surface area contributed by atoms with E-state index in [1.807, 2.05) is 31.2 Å². The third-order valence-electron chi connectivity index (χ3n) is 5.75. The first kappa shape index (κ1) is 19.3. The quantitative estimate of drug-likeness (QED) is 0.711. The van der Waals surface area contributed by atoms with Crippen LogP contribution in [0.25, 0.3) is 0 Å². The van der Waals surface area contributed by atoms with Gasteiger partial charge in [-0.25, -0.2) is 0 Å². The third-order valence-corrected chi connectivity index (χ3v) is 5.75. The molecule has 2 aromatic carbocycles. The fourth-order valence-electron chi connectivity index (χ4n) is 4.25. The molecule has 1 atom stereocenters. The van der Waals surface area contributed by atoms with Crippen LogP contribution < -0.4 is 14.4 Å². The summed E-state index contributed by atoms with van der Waals surface area (Å²) in [5.41, 5.74) is 2.44. The SMILES string of the molecule is CCOc1ccc([C@@H]2CC(=O)N(c3cccc(C#N)c3)C2)cc1OC1CCCC1. The molecule has 0 spiro atoms. The molecule has 2 aromatic rings. The lowest BCUT2D eigenvalue weighted by Crippen LogP contribution is -2.24. The highest BCUT2D eigenvalue weighted by Gasteiger charge is 2.32. The first-order valence-electron chi connectivity index (χ1n) is 10.4. The van der Waals surface area contributed by atoms with Crippen LogP contribution >= 0.6 is 0 Å². The van der Waals surface area contributed by atoms with E-state index in [0.717, 1.165) is 35.6 Å². The summed E-state index contributed by atoms with van der Waals surface area (Å²) in [7, 11) is 0. The Balaban J connectivity index is 1.56.